The lowest BCUT2D eigenvalue weighted by molar-refractivity contribution is 0.309. The lowest BCUT2D eigenvalue weighted by Crippen LogP contribution is -2.56. The molecule has 0 radical (unpaired) electrons. The van der Waals surface area contributed by atoms with E-state index >= 15 is 0 Å². The van der Waals surface area contributed by atoms with Gasteiger partial charge in [-0.1, -0.05) is 0 Å². The molecule has 2 aromatic carbocycles. The van der Waals surface area contributed by atoms with E-state index in [-0.39, 0.29) is 18.0 Å². The minimum Gasteiger partial charge on any atom is -0.497 e. The maximum absolute atomic E-state index is 13.3. The molecule has 0 bridgehead atoms. The number of ether oxygens (including phenoxy) is 1. The average Bonchev–Trinajstić information content (AvgIpc) is 2.55. The third-order valence-electron chi connectivity index (χ3n) is 4.17. The van der Waals surface area contributed by atoms with E-state index < -0.39 is 41.6 Å². The topological polar surface area (TPSA) is 80.8 Å². The van der Waals surface area contributed by atoms with Gasteiger partial charge in [0.15, 0.2) is 21.5 Å². The highest BCUT2D eigenvalue weighted by Gasteiger charge is 2.44. The Hall–Kier alpha value is -2.04. The van der Waals surface area contributed by atoms with Gasteiger partial charge in [0.05, 0.1) is 22.2 Å². The van der Waals surface area contributed by atoms with Gasteiger partial charge in [0.1, 0.15) is 5.75 Å². The van der Waals surface area contributed by atoms with Crippen LogP contribution < -0.4 is 4.74 Å². The molecule has 0 unspecified atom stereocenters. The summed E-state index contributed by atoms with van der Waals surface area (Å²) in [4.78, 5) is -0.357. The zero-order valence-corrected chi connectivity index (χ0v) is 15.2. The Labute approximate surface area is 150 Å². The summed E-state index contributed by atoms with van der Waals surface area (Å²) in [5.74, 6) is -1.94. The molecule has 140 valence electrons. The van der Waals surface area contributed by atoms with E-state index in [1.807, 2.05) is 0 Å². The molecular formula is C16H15F2NO5S2. The molecule has 1 aliphatic heterocycles. The number of benzene rings is 2. The maximum Gasteiger partial charge on any atom is 0.243 e. The molecule has 0 atom stereocenters. The summed E-state index contributed by atoms with van der Waals surface area (Å²) in [6, 6.07) is 8.02. The van der Waals surface area contributed by atoms with Crippen LogP contribution in [0.2, 0.25) is 0 Å². The van der Waals surface area contributed by atoms with E-state index in [0.29, 0.717) is 17.9 Å². The highest BCUT2D eigenvalue weighted by molar-refractivity contribution is 7.92. The van der Waals surface area contributed by atoms with Crippen LogP contribution in [0.3, 0.4) is 0 Å². The van der Waals surface area contributed by atoms with Gasteiger partial charge < -0.3 is 4.74 Å². The number of hydrogen-bond acceptors (Lipinski definition) is 5. The highest BCUT2D eigenvalue weighted by Crippen LogP contribution is 2.29. The molecule has 1 saturated heterocycles. The Bertz CT molecular complexity index is 1030. The van der Waals surface area contributed by atoms with Crippen LogP contribution >= 0.6 is 0 Å². The molecule has 1 aliphatic rings. The molecule has 0 aliphatic carbocycles. The van der Waals surface area contributed by atoms with Crippen molar-refractivity contribution >= 4 is 19.9 Å². The first-order chi connectivity index (χ1) is 12.2. The van der Waals surface area contributed by atoms with Crippen LogP contribution in [0.15, 0.2) is 52.3 Å². The first kappa shape index (κ1) is 18.7. The smallest absolute Gasteiger partial charge is 0.243 e. The van der Waals surface area contributed by atoms with Crippen molar-refractivity contribution in [2.45, 2.75) is 15.0 Å². The third-order valence-corrected chi connectivity index (χ3v) is 8.10. The van der Waals surface area contributed by atoms with Gasteiger partial charge in [-0.3, -0.25) is 0 Å². The van der Waals surface area contributed by atoms with Gasteiger partial charge in [-0.25, -0.2) is 25.6 Å². The summed E-state index contributed by atoms with van der Waals surface area (Å²) in [7, 11) is -6.34. The number of hydrogen-bond donors (Lipinski definition) is 0. The molecule has 2 aromatic rings. The van der Waals surface area contributed by atoms with Crippen LogP contribution in [0.25, 0.3) is 0 Å². The maximum atomic E-state index is 13.3. The summed E-state index contributed by atoms with van der Waals surface area (Å²) < 4.78 is 82.0. The summed E-state index contributed by atoms with van der Waals surface area (Å²) in [5, 5.41) is -0.907. The number of sulfonamides is 1. The molecule has 0 saturated carbocycles. The molecule has 26 heavy (non-hydrogen) atoms. The van der Waals surface area contributed by atoms with Gasteiger partial charge in [-0.15, -0.1) is 0 Å². The van der Waals surface area contributed by atoms with Crippen molar-refractivity contribution in [3.05, 3.63) is 54.1 Å². The minimum atomic E-state index is -4.09. The zero-order valence-electron chi connectivity index (χ0n) is 13.6. The Morgan fingerprint density at radius 2 is 1.50 bits per heavy atom. The lowest BCUT2D eigenvalue weighted by atomic mass is 10.3. The Morgan fingerprint density at radius 1 is 0.923 bits per heavy atom. The minimum absolute atomic E-state index is 0.0631. The van der Waals surface area contributed by atoms with Crippen LogP contribution in [-0.2, 0) is 19.9 Å². The van der Waals surface area contributed by atoms with Crippen molar-refractivity contribution in [2.75, 3.05) is 20.2 Å². The third kappa shape index (κ3) is 3.19. The van der Waals surface area contributed by atoms with E-state index in [9.17, 15) is 25.6 Å². The second-order valence-electron chi connectivity index (χ2n) is 5.74. The number of halogens is 2. The molecule has 10 heteroatoms. The average molecular weight is 403 g/mol. The van der Waals surface area contributed by atoms with E-state index in [1.54, 1.807) is 0 Å². The molecule has 0 aromatic heterocycles. The van der Waals surface area contributed by atoms with Crippen molar-refractivity contribution in [1.29, 1.82) is 0 Å². The van der Waals surface area contributed by atoms with Gasteiger partial charge in [0.2, 0.25) is 10.0 Å². The Morgan fingerprint density at radius 3 is 2.04 bits per heavy atom. The number of nitrogens with zero attached hydrogens (tertiary/aromatic N) is 1. The molecular weight excluding hydrogens is 388 g/mol. The van der Waals surface area contributed by atoms with E-state index in [0.717, 1.165) is 10.4 Å². The quantitative estimate of drug-likeness (QED) is 0.761. The van der Waals surface area contributed by atoms with Gasteiger partial charge >= 0.3 is 0 Å². The lowest BCUT2D eigenvalue weighted by Gasteiger charge is -2.37. The normalized spacial score (nSPS) is 16.3. The van der Waals surface area contributed by atoms with Crippen molar-refractivity contribution < 1.29 is 30.4 Å². The fraction of sp³-hybridized carbons (Fsp3) is 0.250. The molecule has 0 amide bonds. The predicted molar refractivity (Wildman–Crippen MR) is 89.1 cm³/mol. The molecule has 0 spiro atoms. The van der Waals surface area contributed by atoms with Crippen molar-refractivity contribution in [2.24, 2.45) is 0 Å². The first-order valence-electron chi connectivity index (χ1n) is 7.49. The van der Waals surface area contributed by atoms with Crippen molar-refractivity contribution in [3.8, 4) is 5.75 Å². The first-order valence-corrected chi connectivity index (χ1v) is 10.5. The summed E-state index contributed by atoms with van der Waals surface area (Å²) in [5.41, 5.74) is 0. The number of rotatable bonds is 5. The van der Waals surface area contributed by atoms with Crippen LogP contribution in [0, 0.1) is 11.6 Å². The second-order valence-corrected chi connectivity index (χ2v) is 9.91. The number of methoxy groups -OCH3 is 1. The van der Waals surface area contributed by atoms with Crippen LogP contribution in [-0.4, -0.2) is 46.6 Å². The van der Waals surface area contributed by atoms with Gasteiger partial charge in [-0.2, -0.15) is 4.31 Å². The van der Waals surface area contributed by atoms with Gasteiger partial charge in [0.25, 0.3) is 0 Å². The summed E-state index contributed by atoms with van der Waals surface area (Å²) >= 11 is 0. The van der Waals surface area contributed by atoms with Gasteiger partial charge in [0, 0.05) is 13.1 Å². The summed E-state index contributed by atoms with van der Waals surface area (Å²) in [6.45, 7) is -0.509. The van der Waals surface area contributed by atoms with E-state index in [1.165, 1.54) is 31.4 Å². The van der Waals surface area contributed by atoms with Gasteiger partial charge in [-0.05, 0) is 42.5 Å². The standard InChI is InChI=1S/C16H15F2NO5S2/c1-24-11-2-4-12(5-3-11)25(20,21)14-9-19(10-14)26(22,23)13-6-7-15(17)16(18)8-13/h2-8,14H,9-10H2,1H3. The number of sulfone groups is 1. The molecule has 1 fully saturated rings. The monoisotopic (exact) mass is 403 g/mol. The molecule has 6 nitrogen and oxygen atoms in total. The zero-order chi connectivity index (χ0) is 19.1. The fourth-order valence-electron chi connectivity index (χ4n) is 2.54. The largest absolute Gasteiger partial charge is 0.497 e. The predicted octanol–water partition coefficient (Wildman–Crippen LogP) is 1.82. The van der Waals surface area contributed by atoms with Crippen LogP contribution in [0.5, 0.6) is 5.75 Å². The fourth-order valence-corrected chi connectivity index (χ4v) is 5.92. The van der Waals surface area contributed by atoms with Crippen molar-refractivity contribution in [3.63, 3.8) is 0 Å². The SMILES string of the molecule is COc1ccc(S(=O)(=O)C2CN(S(=O)(=O)c3ccc(F)c(F)c3)C2)cc1. The highest BCUT2D eigenvalue weighted by atomic mass is 32.2. The Balaban J connectivity index is 1.77. The molecule has 1 heterocycles. The van der Waals surface area contributed by atoms with E-state index in [4.69, 9.17) is 4.74 Å². The molecule has 3 rings (SSSR count). The second kappa shape index (κ2) is 6.60. The Kier molecular flexibility index (Phi) is 4.76. The van der Waals surface area contributed by atoms with Crippen LogP contribution in [0.4, 0.5) is 8.78 Å². The summed E-state index contributed by atoms with van der Waals surface area (Å²) in [6.07, 6.45) is 0. The van der Waals surface area contributed by atoms with Crippen molar-refractivity contribution in [1.82, 2.24) is 4.31 Å². The van der Waals surface area contributed by atoms with Crippen LogP contribution in [0.1, 0.15) is 0 Å². The molecule has 0 N–H and O–H groups in total. The van der Waals surface area contributed by atoms with E-state index in [2.05, 4.69) is 0 Å².